The van der Waals surface area contributed by atoms with Crippen molar-refractivity contribution in [2.24, 2.45) is 4.99 Å². The second kappa shape index (κ2) is 13.1. The van der Waals surface area contributed by atoms with Crippen molar-refractivity contribution in [2.75, 3.05) is 73.0 Å². The molecule has 2 aliphatic rings. The zero-order valence-electron chi connectivity index (χ0n) is 16.5. The summed E-state index contributed by atoms with van der Waals surface area (Å²) in [4.78, 5) is 11.9. The van der Waals surface area contributed by atoms with E-state index >= 15 is 0 Å². The lowest BCUT2D eigenvalue weighted by molar-refractivity contribution is 0.152. The normalized spacial score (nSPS) is 23.5. The molecule has 2 fully saturated rings. The molecule has 6 nitrogen and oxygen atoms in total. The van der Waals surface area contributed by atoms with E-state index in [1.165, 1.54) is 65.0 Å². The number of aliphatic imine (C=N–C) groups is 1. The fraction of sp³-hybridized carbons (Fsp3) is 0.944. The lowest BCUT2D eigenvalue weighted by atomic mass is 10.2. The molecule has 0 spiro atoms. The Morgan fingerprint density at radius 3 is 2.52 bits per heavy atom. The van der Waals surface area contributed by atoms with Crippen LogP contribution in [0.5, 0.6) is 0 Å². The number of nitrogens with zero attached hydrogens (tertiary/aromatic N) is 4. The molecule has 1 atom stereocenters. The molecule has 148 valence electrons. The van der Waals surface area contributed by atoms with Crippen molar-refractivity contribution in [3.8, 4) is 0 Å². The third-order valence-electron chi connectivity index (χ3n) is 5.42. The SMILES string of the molecule is CCN1CCCC1CNC(=NC)NCCCCN1CCN(C)CC1.I. The Labute approximate surface area is 171 Å². The molecule has 25 heavy (non-hydrogen) atoms. The summed E-state index contributed by atoms with van der Waals surface area (Å²) >= 11 is 0. The molecular weight excluding hydrogens is 427 g/mol. The second-order valence-electron chi connectivity index (χ2n) is 7.16. The monoisotopic (exact) mass is 466 g/mol. The lowest BCUT2D eigenvalue weighted by Gasteiger charge is -2.32. The molecule has 1 unspecified atom stereocenters. The fourth-order valence-corrected chi connectivity index (χ4v) is 3.72. The van der Waals surface area contributed by atoms with Crippen molar-refractivity contribution in [3.63, 3.8) is 0 Å². The summed E-state index contributed by atoms with van der Waals surface area (Å²) in [6, 6.07) is 0.672. The highest BCUT2D eigenvalue weighted by Crippen LogP contribution is 2.15. The number of hydrogen-bond acceptors (Lipinski definition) is 4. The van der Waals surface area contributed by atoms with Crippen LogP contribution in [0.15, 0.2) is 4.99 Å². The molecule has 0 aliphatic carbocycles. The third kappa shape index (κ3) is 8.41. The van der Waals surface area contributed by atoms with Crippen LogP contribution in [0.1, 0.15) is 32.6 Å². The van der Waals surface area contributed by atoms with Crippen LogP contribution in [0.3, 0.4) is 0 Å². The maximum absolute atomic E-state index is 4.36. The first-order chi connectivity index (χ1) is 11.7. The first-order valence-electron chi connectivity index (χ1n) is 9.82. The summed E-state index contributed by atoms with van der Waals surface area (Å²) in [7, 11) is 4.08. The standard InChI is InChI=1S/C18H38N6.HI/c1-4-24-11-7-8-17(24)16-21-18(19-2)20-9-5-6-10-23-14-12-22(3)13-15-23;/h17H,4-16H2,1-3H3,(H2,19,20,21);1H. The van der Waals surface area contributed by atoms with Gasteiger partial charge in [0.2, 0.25) is 0 Å². The number of likely N-dealkylation sites (N-methyl/N-ethyl adjacent to an activating group) is 2. The van der Waals surface area contributed by atoms with Crippen LogP contribution < -0.4 is 10.6 Å². The van der Waals surface area contributed by atoms with E-state index in [2.05, 4.69) is 44.3 Å². The molecule has 7 heteroatoms. The molecule has 0 aromatic heterocycles. The molecule has 2 heterocycles. The van der Waals surface area contributed by atoms with Gasteiger partial charge in [-0.2, -0.15) is 0 Å². The molecule has 2 rings (SSSR count). The van der Waals surface area contributed by atoms with E-state index in [0.717, 1.165) is 25.6 Å². The van der Waals surface area contributed by atoms with Gasteiger partial charge in [-0.1, -0.05) is 6.92 Å². The zero-order chi connectivity index (χ0) is 17.2. The number of likely N-dealkylation sites (tertiary alicyclic amines) is 1. The van der Waals surface area contributed by atoms with Gasteiger partial charge in [0.05, 0.1) is 0 Å². The minimum absolute atomic E-state index is 0. The molecule has 0 saturated carbocycles. The van der Waals surface area contributed by atoms with Gasteiger partial charge >= 0.3 is 0 Å². The Balaban J connectivity index is 0.00000312. The van der Waals surface area contributed by atoms with Gasteiger partial charge in [-0.3, -0.25) is 9.89 Å². The highest BCUT2D eigenvalue weighted by Gasteiger charge is 2.22. The zero-order valence-corrected chi connectivity index (χ0v) is 18.8. The van der Waals surface area contributed by atoms with Crippen LogP contribution in [-0.2, 0) is 0 Å². The van der Waals surface area contributed by atoms with E-state index in [1.54, 1.807) is 0 Å². The van der Waals surface area contributed by atoms with E-state index in [0.29, 0.717) is 6.04 Å². The van der Waals surface area contributed by atoms with Crippen LogP contribution >= 0.6 is 24.0 Å². The minimum Gasteiger partial charge on any atom is -0.356 e. The van der Waals surface area contributed by atoms with E-state index in [1.807, 2.05) is 7.05 Å². The molecule has 0 aromatic carbocycles. The third-order valence-corrected chi connectivity index (χ3v) is 5.42. The van der Waals surface area contributed by atoms with Crippen molar-refractivity contribution < 1.29 is 0 Å². The number of hydrogen-bond donors (Lipinski definition) is 2. The Hall–Kier alpha value is -0.120. The number of guanidine groups is 1. The van der Waals surface area contributed by atoms with Gasteiger partial charge in [-0.25, -0.2) is 0 Å². The highest BCUT2D eigenvalue weighted by atomic mass is 127. The largest absolute Gasteiger partial charge is 0.356 e. The van der Waals surface area contributed by atoms with E-state index in [9.17, 15) is 0 Å². The first kappa shape index (κ1) is 22.9. The second-order valence-corrected chi connectivity index (χ2v) is 7.16. The molecule has 0 bridgehead atoms. The van der Waals surface area contributed by atoms with E-state index < -0.39 is 0 Å². The van der Waals surface area contributed by atoms with Gasteiger partial charge in [0.1, 0.15) is 0 Å². The Kier molecular flexibility index (Phi) is 12.0. The van der Waals surface area contributed by atoms with Crippen molar-refractivity contribution in [3.05, 3.63) is 0 Å². The van der Waals surface area contributed by atoms with Gasteiger partial charge in [-0.15, -0.1) is 24.0 Å². The topological polar surface area (TPSA) is 46.1 Å². The quantitative estimate of drug-likeness (QED) is 0.244. The summed E-state index contributed by atoms with van der Waals surface area (Å²) < 4.78 is 0. The first-order valence-corrected chi connectivity index (χ1v) is 9.82. The lowest BCUT2D eigenvalue weighted by Crippen LogP contribution is -2.45. The van der Waals surface area contributed by atoms with Gasteiger partial charge in [0.15, 0.2) is 5.96 Å². The van der Waals surface area contributed by atoms with Crippen LogP contribution in [-0.4, -0.2) is 99.7 Å². The fourth-order valence-electron chi connectivity index (χ4n) is 3.72. The Morgan fingerprint density at radius 1 is 1.08 bits per heavy atom. The van der Waals surface area contributed by atoms with E-state index in [-0.39, 0.29) is 24.0 Å². The van der Waals surface area contributed by atoms with Crippen molar-refractivity contribution in [2.45, 2.75) is 38.6 Å². The number of halogens is 1. The van der Waals surface area contributed by atoms with Gasteiger partial charge < -0.3 is 20.4 Å². The molecule has 2 N–H and O–H groups in total. The molecule has 0 radical (unpaired) electrons. The number of unbranched alkanes of at least 4 members (excludes halogenated alkanes) is 1. The molecular formula is C18H39IN6. The summed E-state index contributed by atoms with van der Waals surface area (Å²) in [6.07, 6.45) is 5.11. The van der Waals surface area contributed by atoms with Gasteiger partial charge in [0, 0.05) is 52.4 Å². The maximum atomic E-state index is 4.36. The average Bonchev–Trinajstić information content (AvgIpc) is 3.06. The van der Waals surface area contributed by atoms with E-state index in [4.69, 9.17) is 0 Å². The summed E-state index contributed by atoms with van der Waals surface area (Å²) in [5, 5.41) is 6.97. The smallest absolute Gasteiger partial charge is 0.191 e. The molecule has 2 saturated heterocycles. The van der Waals surface area contributed by atoms with Crippen LogP contribution in [0.25, 0.3) is 0 Å². The Morgan fingerprint density at radius 2 is 1.84 bits per heavy atom. The minimum atomic E-state index is 0. The van der Waals surface area contributed by atoms with Gasteiger partial charge in [-0.05, 0) is 52.4 Å². The molecule has 0 amide bonds. The number of nitrogens with one attached hydrogen (secondary N) is 2. The summed E-state index contributed by atoms with van der Waals surface area (Å²) in [5.41, 5.74) is 0. The number of rotatable bonds is 8. The summed E-state index contributed by atoms with van der Waals surface area (Å²) in [6.45, 7) is 12.8. The molecule has 0 aromatic rings. The van der Waals surface area contributed by atoms with Crippen LogP contribution in [0.4, 0.5) is 0 Å². The van der Waals surface area contributed by atoms with Gasteiger partial charge in [0.25, 0.3) is 0 Å². The predicted octanol–water partition coefficient (Wildman–Crippen LogP) is 1.28. The summed E-state index contributed by atoms with van der Waals surface area (Å²) in [5.74, 6) is 0.956. The highest BCUT2D eigenvalue weighted by molar-refractivity contribution is 14.0. The Bertz CT molecular complexity index is 371. The van der Waals surface area contributed by atoms with Crippen LogP contribution in [0, 0.1) is 0 Å². The average molecular weight is 466 g/mol. The number of piperazine rings is 1. The molecule has 2 aliphatic heterocycles. The van der Waals surface area contributed by atoms with Crippen LogP contribution in [0.2, 0.25) is 0 Å². The maximum Gasteiger partial charge on any atom is 0.191 e. The predicted molar refractivity (Wildman–Crippen MR) is 118 cm³/mol. The van der Waals surface area contributed by atoms with Crippen molar-refractivity contribution in [1.29, 1.82) is 0 Å². The van der Waals surface area contributed by atoms with Crippen molar-refractivity contribution in [1.82, 2.24) is 25.3 Å². The van der Waals surface area contributed by atoms with Crippen molar-refractivity contribution >= 4 is 29.9 Å².